The van der Waals surface area contributed by atoms with E-state index in [-0.39, 0.29) is 0 Å². The van der Waals surface area contributed by atoms with Gasteiger partial charge in [-0.3, -0.25) is 0 Å². The highest BCUT2D eigenvalue weighted by Crippen LogP contribution is 2.32. The first-order valence-corrected chi connectivity index (χ1v) is 8.08. The standard InChI is InChI=1S/C16H15BrClNO/c17-10-13-14(18)5-3-6-15(13)19-8-9-20-16-7-2-1-4-12(16)11-19/h1-7H,8-11H2. The molecule has 0 atom stereocenters. The molecule has 0 saturated carbocycles. The molecule has 0 unspecified atom stereocenters. The lowest BCUT2D eigenvalue weighted by Gasteiger charge is -2.25. The second-order valence-electron chi connectivity index (χ2n) is 4.75. The van der Waals surface area contributed by atoms with Crippen molar-refractivity contribution in [3.63, 3.8) is 0 Å². The van der Waals surface area contributed by atoms with Gasteiger partial charge in [0.25, 0.3) is 0 Å². The fourth-order valence-electron chi connectivity index (χ4n) is 2.51. The maximum absolute atomic E-state index is 6.30. The first-order chi connectivity index (χ1) is 9.79. The van der Waals surface area contributed by atoms with Crippen molar-refractivity contribution >= 4 is 33.2 Å². The molecular formula is C16H15BrClNO. The molecule has 104 valence electrons. The second-order valence-corrected chi connectivity index (χ2v) is 5.72. The fourth-order valence-corrected chi connectivity index (χ4v) is 3.49. The van der Waals surface area contributed by atoms with Crippen LogP contribution in [0.4, 0.5) is 5.69 Å². The number of benzene rings is 2. The molecule has 1 aliphatic rings. The maximum Gasteiger partial charge on any atom is 0.124 e. The number of alkyl halides is 1. The Hall–Kier alpha value is -1.19. The van der Waals surface area contributed by atoms with E-state index in [1.807, 2.05) is 24.3 Å². The molecule has 0 amide bonds. The van der Waals surface area contributed by atoms with E-state index in [2.05, 4.69) is 39.0 Å². The molecule has 1 heterocycles. The molecule has 0 radical (unpaired) electrons. The maximum atomic E-state index is 6.30. The van der Waals surface area contributed by atoms with Gasteiger partial charge in [0.05, 0.1) is 6.54 Å². The number of halogens is 2. The van der Waals surface area contributed by atoms with Crippen LogP contribution in [0.1, 0.15) is 11.1 Å². The summed E-state index contributed by atoms with van der Waals surface area (Å²) in [4.78, 5) is 2.33. The van der Waals surface area contributed by atoms with E-state index >= 15 is 0 Å². The van der Waals surface area contributed by atoms with Crippen molar-refractivity contribution in [2.45, 2.75) is 11.9 Å². The smallest absolute Gasteiger partial charge is 0.124 e. The molecule has 0 fully saturated rings. The first kappa shape index (κ1) is 13.8. The highest BCUT2D eigenvalue weighted by atomic mass is 79.9. The Labute approximate surface area is 132 Å². The van der Waals surface area contributed by atoms with Gasteiger partial charge in [-0.15, -0.1) is 0 Å². The quantitative estimate of drug-likeness (QED) is 0.730. The van der Waals surface area contributed by atoms with Gasteiger partial charge in [-0.05, 0) is 18.2 Å². The number of nitrogens with zero attached hydrogens (tertiary/aromatic N) is 1. The van der Waals surface area contributed by atoms with Gasteiger partial charge >= 0.3 is 0 Å². The van der Waals surface area contributed by atoms with E-state index < -0.39 is 0 Å². The normalized spacial score (nSPS) is 14.4. The monoisotopic (exact) mass is 351 g/mol. The van der Waals surface area contributed by atoms with Gasteiger partial charge in [0, 0.05) is 33.7 Å². The van der Waals surface area contributed by atoms with Crippen LogP contribution in [0.2, 0.25) is 5.02 Å². The van der Waals surface area contributed by atoms with Gasteiger partial charge in [0.2, 0.25) is 0 Å². The van der Waals surface area contributed by atoms with Crippen LogP contribution in [-0.4, -0.2) is 13.2 Å². The Morgan fingerprint density at radius 3 is 2.85 bits per heavy atom. The van der Waals surface area contributed by atoms with E-state index in [9.17, 15) is 0 Å². The number of hydrogen-bond acceptors (Lipinski definition) is 2. The van der Waals surface area contributed by atoms with E-state index in [1.165, 1.54) is 11.3 Å². The van der Waals surface area contributed by atoms with Crippen LogP contribution in [0, 0.1) is 0 Å². The Morgan fingerprint density at radius 2 is 2.00 bits per heavy atom. The van der Waals surface area contributed by atoms with Gasteiger partial charge in [0.1, 0.15) is 12.4 Å². The Kier molecular flexibility index (Phi) is 4.18. The van der Waals surface area contributed by atoms with Gasteiger partial charge in [-0.1, -0.05) is 51.8 Å². The largest absolute Gasteiger partial charge is 0.491 e. The minimum absolute atomic E-state index is 0.686. The number of ether oxygens (including phenoxy) is 1. The third-order valence-corrected chi connectivity index (χ3v) is 4.44. The highest BCUT2D eigenvalue weighted by molar-refractivity contribution is 9.08. The van der Waals surface area contributed by atoms with Crippen molar-refractivity contribution in [3.05, 3.63) is 58.6 Å². The third kappa shape index (κ3) is 2.65. The zero-order chi connectivity index (χ0) is 13.9. The minimum Gasteiger partial charge on any atom is -0.491 e. The highest BCUT2D eigenvalue weighted by Gasteiger charge is 2.18. The average Bonchev–Trinajstić information content (AvgIpc) is 2.69. The van der Waals surface area contributed by atoms with Crippen molar-refractivity contribution in [1.29, 1.82) is 0 Å². The minimum atomic E-state index is 0.686. The summed E-state index contributed by atoms with van der Waals surface area (Å²) >= 11 is 9.84. The molecule has 4 heteroatoms. The molecule has 3 rings (SSSR count). The fraction of sp³-hybridized carbons (Fsp3) is 0.250. The Balaban J connectivity index is 1.98. The summed E-state index contributed by atoms with van der Waals surface area (Å²) in [7, 11) is 0. The molecular weight excluding hydrogens is 338 g/mol. The summed E-state index contributed by atoms with van der Waals surface area (Å²) in [5.41, 5.74) is 3.52. The summed E-state index contributed by atoms with van der Waals surface area (Å²) in [5, 5.41) is 1.55. The predicted octanol–water partition coefficient (Wildman–Crippen LogP) is 4.63. The van der Waals surface area contributed by atoms with Gasteiger partial charge in [-0.25, -0.2) is 0 Å². The molecule has 0 N–H and O–H groups in total. The van der Waals surface area contributed by atoms with Crippen LogP contribution in [0.25, 0.3) is 0 Å². The van der Waals surface area contributed by atoms with Crippen LogP contribution in [0.3, 0.4) is 0 Å². The molecule has 2 nitrogen and oxygen atoms in total. The van der Waals surface area contributed by atoms with Crippen LogP contribution < -0.4 is 9.64 Å². The van der Waals surface area contributed by atoms with Gasteiger partial charge < -0.3 is 9.64 Å². The molecule has 2 aromatic carbocycles. The average molecular weight is 353 g/mol. The molecule has 0 bridgehead atoms. The van der Waals surface area contributed by atoms with E-state index in [1.54, 1.807) is 0 Å². The van der Waals surface area contributed by atoms with Crippen LogP contribution in [-0.2, 0) is 11.9 Å². The molecule has 0 saturated heterocycles. The third-order valence-electron chi connectivity index (χ3n) is 3.52. The van der Waals surface area contributed by atoms with Crippen molar-refractivity contribution < 1.29 is 4.74 Å². The predicted molar refractivity (Wildman–Crippen MR) is 87.1 cm³/mol. The summed E-state index contributed by atoms with van der Waals surface area (Å²) in [6, 6.07) is 14.3. The van der Waals surface area contributed by atoms with Gasteiger partial charge in [-0.2, -0.15) is 0 Å². The number of fused-ring (bicyclic) bond motifs is 1. The topological polar surface area (TPSA) is 12.5 Å². The summed E-state index contributed by atoms with van der Waals surface area (Å²) in [6.45, 7) is 2.39. The molecule has 20 heavy (non-hydrogen) atoms. The van der Waals surface area contributed by atoms with Crippen molar-refractivity contribution in [1.82, 2.24) is 0 Å². The SMILES string of the molecule is Clc1cccc(N2CCOc3ccccc3C2)c1CBr. The zero-order valence-corrected chi connectivity index (χ0v) is 13.3. The van der Waals surface area contributed by atoms with Gasteiger partial charge in [0.15, 0.2) is 0 Å². The van der Waals surface area contributed by atoms with Crippen LogP contribution >= 0.6 is 27.5 Å². The summed E-state index contributed by atoms with van der Waals surface area (Å²) < 4.78 is 5.82. The molecule has 0 aromatic heterocycles. The van der Waals surface area contributed by atoms with Crippen LogP contribution in [0.5, 0.6) is 5.75 Å². The number of para-hydroxylation sites is 1. The second kappa shape index (κ2) is 6.06. The first-order valence-electron chi connectivity index (χ1n) is 6.58. The Morgan fingerprint density at radius 1 is 1.15 bits per heavy atom. The lowest BCUT2D eigenvalue weighted by molar-refractivity contribution is 0.331. The lowest BCUT2D eigenvalue weighted by Crippen LogP contribution is -2.26. The molecule has 0 spiro atoms. The number of hydrogen-bond donors (Lipinski definition) is 0. The summed E-state index contributed by atoms with van der Waals surface area (Å²) in [6.07, 6.45) is 0. The number of rotatable bonds is 2. The van der Waals surface area contributed by atoms with Crippen LogP contribution in [0.15, 0.2) is 42.5 Å². The molecule has 1 aliphatic heterocycles. The zero-order valence-electron chi connectivity index (χ0n) is 11.0. The molecule has 2 aromatic rings. The lowest BCUT2D eigenvalue weighted by atomic mass is 10.1. The van der Waals surface area contributed by atoms with E-state index in [4.69, 9.17) is 16.3 Å². The summed E-state index contributed by atoms with van der Waals surface area (Å²) in [5.74, 6) is 0.984. The van der Waals surface area contributed by atoms with Crippen molar-refractivity contribution in [3.8, 4) is 5.75 Å². The Bertz CT molecular complexity index is 617. The molecule has 0 aliphatic carbocycles. The van der Waals surface area contributed by atoms with E-state index in [0.29, 0.717) is 6.61 Å². The van der Waals surface area contributed by atoms with Crippen molar-refractivity contribution in [2.24, 2.45) is 0 Å². The van der Waals surface area contributed by atoms with Crippen molar-refractivity contribution in [2.75, 3.05) is 18.1 Å². The van der Waals surface area contributed by atoms with E-state index in [0.717, 1.165) is 34.8 Å². The number of anilines is 1.